The molecule has 104 valence electrons. The lowest BCUT2D eigenvalue weighted by molar-refractivity contribution is 0.0503. The molecule has 0 unspecified atom stereocenters. The van der Waals surface area contributed by atoms with Crippen LogP contribution >= 0.6 is 11.6 Å². The summed E-state index contributed by atoms with van der Waals surface area (Å²) in [7, 11) is 0. The molecule has 0 saturated heterocycles. The van der Waals surface area contributed by atoms with Crippen molar-refractivity contribution < 1.29 is 19.1 Å². The molecule has 0 bridgehead atoms. The first-order valence-electron chi connectivity index (χ1n) is 6.23. The summed E-state index contributed by atoms with van der Waals surface area (Å²) in [5.41, 5.74) is 0.508. The molecule has 0 radical (unpaired) electrons. The van der Waals surface area contributed by atoms with E-state index in [9.17, 15) is 9.59 Å². The maximum Gasteiger partial charge on any atom is 0.338 e. The van der Waals surface area contributed by atoms with Crippen LogP contribution in [-0.4, -0.2) is 25.2 Å². The van der Waals surface area contributed by atoms with Gasteiger partial charge in [0, 0.05) is 5.02 Å². The first kappa shape index (κ1) is 15.5. The molecule has 1 rings (SSSR count). The molecule has 0 spiro atoms. The van der Waals surface area contributed by atoms with Gasteiger partial charge in [0.15, 0.2) is 0 Å². The van der Waals surface area contributed by atoms with Crippen molar-refractivity contribution in [1.29, 1.82) is 0 Å². The Morgan fingerprint density at radius 2 is 1.37 bits per heavy atom. The summed E-state index contributed by atoms with van der Waals surface area (Å²) in [4.78, 5) is 23.4. The molecule has 0 atom stereocenters. The number of ether oxygens (including phenoxy) is 2. The van der Waals surface area contributed by atoms with Crippen LogP contribution in [0.3, 0.4) is 0 Å². The molecular formula is C14H17ClO4. The van der Waals surface area contributed by atoms with Crippen molar-refractivity contribution in [1.82, 2.24) is 0 Å². The predicted octanol–water partition coefficient (Wildman–Crippen LogP) is 3.47. The Hall–Kier alpha value is -1.55. The van der Waals surface area contributed by atoms with Crippen LogP contribution in [-0.2, 0) is 9.47 Å². The lowest BCUT2D eigenvalue weighted by Gasteiger charge is -2.07. The van der Waals surface area contributed by atoms with Gasteiger partial charge in [-0.25, -0.2) is 9.59 Å². The highest BCUT2D eigenvalue weighted by Gasteiger charge is 2.14. The molecule has 4 nitrogen and oxygen atoms in total. The second-order valence-corrected chi connectivity index (χ2v) is 4.44. The minimum absolute atomic E-state index is 0.254. The van der Waals surface area contributed by atoms with E-state index in [4.69, 9.17) is 21.1 Å². The SMILES string of the molecule is CCCOC(=O)c1cc(Cl)cc(C(=O)OCCC)c1. The largest absolute Gasteiger partial charge is 0.462 e. The molecule has 0 heterocycles. The molecule has 0 aromatic heterocycles. The van der Waals surface area contributed by atoms with Gasteiger partial charge in [-0.1, -0.05) is 25.4 Å². The highest BCUT2D eigenvalue weighted by Crippen LogP contribution is 2.17. The highest BCUT2D eigenvalue weighted by atomic mass is 35.5. The van der Waals surface area contributed by atoms with Crippen LogP contribution in [0.2, 0.25) is 5.02 Å². The van der Waals surface area contributed by atoms with Crippen molar-refractivity contribution >= 4 is 23.5 Å². The lowest BCUT2D eigenvalue weighted by Crippen LogP contribution is -2.10. The van der Waals surface area contributed by atoms with Gasteiger partial charge in [-0.05, 0) is 31.0 Å². The number of benzene rings is 1. The van der Waals surface area contributed by atoms with Gasteiger partial charge in [-0.2, -0.15) is 0 Å². The Morgan fingerprint density at radius 3 is 1.74 bits per heavy atom. The Morgan fingerprint density at radius 1 is 0.947 bits per heavy atom. The number of carbonyl (C=O) groups excluding carboxylic acids is 2. The van der Waals surface area contributed by atoms with E-state index < -0.39 is 11.9 Å². The van der Waals surface area contributed by atoms with Gasteiger partial charge < -0.3 is 9.47 Å². The van der Waals surface area contributed by atoms with E-state index >= 15 is 0 Å². The van der Waals surface area contributed by atoms with Gasteiger partial charge >= 0.3 is 11.9 Å². The van der Waals surface area contributed by atoms with Crippen molar-refractivity contribution in [2.24, 2.45) is 0 Å². The quantitative estimate of drug-likeness (QED) is 0.751. The Kier molecular flexibility index (Phi) is 6.36. The van der Waals surface area contributed by atoms with Gasteiger partial charge in [0.2, 0.25) is 0 Å². The molecule has 0 N–H and O–H groups in total. The van der Waals surface area contributed by atoms with Crippen LogP contribution < -0.4 is 0 Å². The van der Waals surface area contributed by atoms with Crippen LogP contribution in [0.1, 0.15) is 47.4 Å². The molecule has 0 aliphatic heterocycles. The molecule has 5 heteroatoms. The third-order valence-electron chi connectivity index (χ3n) is 2.24. The molecule has 0 aliphatic rings. The fourth-order valence-electron chi connectivity index (χ4n) is 1.38. The summed E-state index contributed by atoms with van der Waals surface area (Å²) < 4.78 is 10.00. The average Bonchev–Trinajstić information content (AvgIpc) is 2.41. The number of hydrogen-bond donors (Lipinski definition) is 0. The smallest absolute Gasteiger partial charge is 0.338 e. The summed E-state index contributed by atoms with van der Waals surface area (Å²) in [6.45, 7) is 4.47. The Labute approximate surface area is 117 Å². The van der Waals surface area contributed by atoms with Crippen LogP contribution in [0.5, 0.6) is 0 Å². The van der Waals surface area contributed by atoms with Crippen molar-refractivity contribution in [3.8, 4) is 0 Å². The number of rotatable bonds is 6. The third kappa shape index (κ3) is 4.91. The van der Waals surface area contributed by atoms with E-state index in [1.54, 1.807) is 0 Å². The molecule has 0 aliphatic carbocycles. The maximum absolute atomic E-state index is 11.7. The summed E-state index contributed by atoms with van der Waals surface area (Å²) in [6.07, 6.45) is 1.47. The van der Waals surface area contributed by atoms with Gasteiger partial charge in [0.1, 0.15) is 0 Å². The van der Waals surface area contributed by atoms with Gasteiger partial charge in [0.05, 0.1) is 24.3 Å². The van der Waals surface area contributed by atoms with Crippen molar-refractivity contribution in [3.63, 3.8) is 0 Å². The minimum Gasteiger partial charge on any atom is -0.462 e. The molecule has 1 aromatic carbocycles. The van der Waals surface area contributed by atoms with Gasteiger partial charge in [-0.3, -0.25) is 0 Å². The van der Waals surface area contributed by atoms with Crippen molar-refractivity contribution in [2.45, 2.75) is 26.7 Å². The van der Waals surface area contributed by atoms with Crippen LogP contribution in [0.25, 0.3) is 0 Å². The zero-order chi connectivity index (χ0) is 14.3. The Balaban J connectivity index is 2.87. The van der Waals surface area contributed by atoms with E-state index in [2.05, 4.69) is 0 Å². The van der Waals surface area contributed by atoms with Crippen molar-refractivity contribution in [3.05, 3.63) is 34.3 Å². The monoisotopic (exact) mass is 284 g/mol. The summed E-state index contributed by atoms with van der Waals surface area (Å²) in [6, 6.07) is 4.37. The van der Waals surface area contributed by atoms with E-state index in [-0.39, 0.29) is 11.1 Å². The van der Waals surface area contributed by atoms with Gasteiger partial charge in [-0.15, -0.1) is 0 Å². The second kappa shape index (κ2) is 7.79. The first-order chi connectivity index (χ1) is 9.08. The standard InChI is InChI=1S/C14H17ClO4/c1-3-5-18-13(16)10-7-11(9-12(15)8-10)14(17)19-6-4-2/h7-9H,3-6H2,1-2H3. The molecule has 19 heavy (non-hydrogen) atoms. The second-order valence-electron chi connectivity index (χ2n) is 4.00. The summed E-state index contributed by atoms with van der Waals surface area (Å²) in [5, 5.41) is 0.300. The topological polar surface area (TPSA) is 52.6 Å². The normalized spacial score (nSPS) is 10.1. The van der Waals surface area contributed by atoms with Crippen LogP contribution in [0, 0.1) is 0 Å². The van der Waals surface area contributed by atoms with Crippen molar-refractivity contribution in [2.75, 3.05) is 13.2 Å². The predicted molar refractivity (Wildman–Crippen MR) is 72.6 cm³/mol. The zero-order valence-corrected chi connectivity index (χ0v) is 11.8. The average molecular weight is 285 g/mol. The summed E-state index contributed by atoms with van der Waals surface area (Å²) >= 11 is 5.89. The summed E-state index contributed by atoms with van der Waals surface area (Å²) in [5.74, 6) is -0.984. The number of carbonyl (C=O) groups is 2. The molecular weight excluding hydrogens is 268 g/mol. The maximum atomic E-state index is 11.7. The first-order valence-corrected chi connectivity index (χ1v) is 6.61. The fourth-order valence-corrected chi connectivity index (χ4v) is 1.62. The zero-order valence-electron chi connectivity index (χ0n) is 11.1. The van der Waals surface area contributed by atoms with E-state index in [0.29, 0.717) is 18.2 Å². The molecule has 0 fully saturated rings. The van der Waals surface area contributed by atoms with E-state index in [1.165, 1.54) is 18.2 Å². The Bertz CT molecular complexity index is 419. The molecule has 0 saturated carbocycles. The number of halogens is 1. The number of esters is 2. The molecule has 0 amide bonds. The fraction of sp³-hybridized carbons (Fsp3) is 0.429. The van der Waals surface area contributed by atoms with E-state index in [0.717, 1.165) is 12.8 Å². The lowest BCUT2D eigenvalue weighted by atomic mass is 10.1. The van der Waals surface area contributed by atoms with Gasteiger partial charge in [0.25, 0.3) is 0 Å². The highest BCUT2D eigenvalue weighted by molar-refractivity contribution is 6.31. The van der Waals surface area contributed by atoms with E-state index in [1.807, 2.05) is 13.8 Å². The third-order valence-corrected chi connectivity index (χ3v) is 2.46. The minimum atomic E-state index is -0.492. The number of hydrogen-bond acceptors (Lipinski definition) is 4. The van der Waals surface area contributed by atoms with Crippen LogP contribution in [0.15, 0.2) is 18.2 Å². The molecule has 1 aromatic rings. The van der Waals surface area contributed by atoms with Crippen LogP contribution in [0.4, 0.5) is 0 Å².